The number of carbonyl (C=O) groups is 2. The zero-order chi connectivity index (χ0) is 12.3. The van der Waals surface area contributed by atoms with Gasteiger partial charge in [0.25, 0.3) is 0 Å². The number of rotatable bonds is 3. The summed E-state index contributed by atoms with van der Waals surface area (Å²) >= 11 is 1.69. The molecular weight excluding hydrogens is 244 g/mol. The van der Waals surface area contributed by atoms with Crippen molar-refractivity contribution in [2.24, 2.45) is 0 Å². The summed E-state index contributed by atoms with van der Waals surface area (Å²) in [6.07, 6.45) is 0.833. The van der Waals surface area contributed by atoms with Crippen LogP contribution in [0.1, 0.15) is 10.4 Å². The van der Waals surface area contributed by atoms with E-state index in [0.717, 1.165) is 12.0 Å². The van der Waals surface area contributed by atoms with Gasteiger partial charge in [0.2, 0.25) is 0 Å². The van der Waals surface area contributed by atoms with Crippen molar-refractivity contribution >= 4 is 23.3 Å². The third-order valence-electron chi connectivity index (χ3n) is 2.45. The molecule has 2 amide bonds. The van der Waals surface area contributed by atoms with E-state index < -0.39 is 18.6 Å². The number of hydrogen-bond acceptors (Lipinski definition) is 4. The minimum atomic E-state index is -1.12. The molecule has 1 aliphatic rings. The Balaban J connectivity index is 1.84. The lowest BCUT2D eigenvalue weighted by Gasteiger charge is -2.26. The molecule has 1 aliphatic heterocycles. The highest BCUT2D eigenvalue weighted by Crippen LogP contribution is 2.23. The molecule has 1 aromatic heterocycles. The van der Waals surface area contributed by atoms with Crippen LogP contribution in [0.2, 0.25) is 0 Å². The molecule has 0 atom stereocenters. The third-order valence-corrected chi connectivity index (χ3v) is 3.47. The minimum absolute atomic E-state index is 0.400. The van der Waals surface area contributed by atoms with Gasteiger partial charge in [-0.3, -0.25) is 4.84 Å². The molecule has 0 aromatic carbocycles. The first-order valence-corrected chi connectivity index (χ1v) is 5.98. The summed E-state index contributed by atoms with van der Waals surface area (Å²) in [7, 11) is 0. The Morgan fingerprint density at radius 2 is 2.41 bits per heavy atom. The van der Waals surface area contributed by atoms with Crippen LogP contribution in [0.4, 0.5) is 4.79 Å². The van der Waals surface area contributed by atoms with E-state index in [-0.39, 0.29) is 0 Å². The zero-order valence-corrected chi connectivity index (χ0v) is 9.83. The van der Waals surface area contributed by atoms with E-state index in [9.17, 15) is 9.59 Å². The lowest BCUT2D eigenvalue weighted by atomic mass is 10.1. The molecule has 92 valence electrons. The van der Waals surface area contributed by atoms with E-state index in [1.807, 2.05) is 11.4 Å². The summed E-state index contributed by atoms with van der Waals surface area (Å²) in [5, 5.41) is 10.4. The molecule has 0 fully saturated rings. The van der Waals surface area contributed by atoms with Gasteiger partial charge in [-0.25, -0.2) is 15.1 Å². The van der Waals surface area contributed by atoms with Gasteiger partial charge < -0.3 is 10.0 Å². The Hall–Kier alpha value is -1.60. The number of hydroxylamine groups is 1. The van der Waals surface area contributed by atoms with Gasteiger partial charge in [0.1, 0.15) is 0 Å². The van der Waals surface area contributed by atoms with Gasteiger partial charge in [0.15, 0.2) is 6.61 Å². The molecule has 0 saturated heterocycles. The molecular formula is C10H12N2O4S. The number of aliphatic carboxylic acids is 1. The monoisotopic (exact) mass is 256 g/mol. The van der Waals surface area contributed by atoms with Crippen molar-refractivity contribution in [3.63, 3.8) is 0 Å². The predicted octanol–water partition coefficient (Wildman–Crippen LogP) is 0.832. The number of hydrogen-bond donors (Lipinski definition) is 2. The molecule has 0 saturated carbocycles. The Kier molecular flexibility index (Phi) is 3.60. The summed E-state index contributed by atoms with van der Waals surface area (Å²) in [6.45, 7) is 0.625. The minimum Gasteiger partial charge on any atom is -0.479 e. The molecule has 1 aromatic rings. The molecule has 2 heterocycles. The van der Waals surface area contributed by atoms with Crippen LogP contribution in [0.25, 0.3) is 0 Å². The van der Waals surface area contributed by atoms with E-state index in [4.69, 9.17) is 5.11 Å². The van der Waals surface area contributed by atoms with Gasteiger partial charge in [-0.05, 0) is 23.4 Å². The smallest absolute Gasteiger partial charge is 0.341 e. The predicted molar refractivity (Wildman–Crippen MR) is 60.6 cm³/mol. The number of nitrogens with one attached hydrogen (secondary N) is 1. The van der Waals surface area contributed by atoms with Crippen LogP contribution in [0.15, 0.2) is 11.4 Å². The average Bonchev–Trinajstić information content (AvgIpc) is 2.75. The molecule has 2 N–H and O–H groups in total. The maximum atomic E-state index is 11.6. The summed E-state index contributed by atoms with van der Waals surface area (Å²) in [5.74, 6) is -1.12. The van der Waals surface area contributed by atoms with Crippen molar-refractivity contribution in [2.45, 2.75) is 13.0 Å². The Bertz CT molecular complexity index is 432. The van der Waals surface area contributed by atoms with Crippen molar-refractivity contribution in [1.29, 1.82) is 0 Å². The SMILES string of the molecule is O=C(O)CONC(=O)N1CCc2sccc2C1. The molecule has 0 unspecified atom stereocenters. The number of urea groups is 1. The number of carbonyl (C=O) groups excluding carboxylic acids is 1. The van der Waals surface area contributed by atoms with E-state index in [1.165, 1.54) is 4.88 Å². The Morgan fingerprint density at radius 3 is 3.18 bits per heavy atom. The molecule has 17 heavy (non-hydrogen) atoms. The van der Waals surface area contributed by atoms with E-state index in [2.05, 4.69) is 10.3 Å². The molecule has 2 rings (SSSR count). The normalized spacial score (nSPS) is 14.2. The van der Waals surface area contributed by atoms with Crippen molar-refractivity contribution in [2.75, 3.05) is 13.2 Å². The number of carboxylic acids is 1. The molecule has 0 aliphatic carbocycles. The van der Waals surface area contributed by atoms with E-state index in [1.54, 1.807) is 16.2 Å². The molecule has 7 heteroatoms. The first kappa shape index (κ1) is 11.9. The van der Waals surface area contributed by atoms with Crippen LogP contribution >= 0.6 is 11.3 Å². The maximum absolute atomic E-state index is 11.6. The van der Waals surface area contributed by atoms with Crippen molar-refractivity contribution < 1.29 is 19.5 Å². The summed E-state index contributed by atoms with van der Waals surface area (Å²) in [5.41, 5.74) is 3.26. The summed E-state index contributed by atoms with van der Waals surface area (Å²) < 4.78 is 0. The molecule has 6 nitrogen and oxygen atoms in total. The van der Waals surface area contributed by atoms with Crippen molar-refractivity contribution in [3.05, 3.63) is 21.9 Å². The summed E-state index contributed by atoms with van der Waals surface area (Å²) in [4.78, 5) is 29.3. The quantitative estimate of drug-likeness (QED) is 0.785. The number of carboxylic acid groups (broad SMARTS) is 1. The number of fused-ring (bicyclic) bond motifs is 1. The van der Waals surface area contributed by atoms with Crippen molar-refractivity contribution in [1.82, 2.24) is 10.4 Å². The number of nitrogens with zero attached hydrogens (tertiary/aromatic N) is 1. The molecule has 0 radical (unpaired) electrons. The third kappa shape index (κ3) is 2.95. The zero-order valence-electron chi connectivity index (χ0n) is 9.01. The largest absolute Gasteiger partial charge is 0.479 e. The maximum Gasteiger partial charge on any atom is 0.341 e. The van der Waals surface area contributed by atoms with Crippen LogP contribution in [-0.2, 0) is 22.6 Å². The van der Waals surface area contributed by atoms with Crippen LogP contribution in [0.3, 0.4) is 0 Å². The Labute approximate surface area is 102 Å². The van der Waals surface area contributed by atoms with Crippen LogP contribution in [0, 0.1) is 0 Å². The van der Waals surface area contributed by atoms with Crippen LogP contribution < -0.4 is 5.48 Å². The lowest BCUT2D eigenvalue weighted by molar-refractivity contribution is -0.144. The number of thiophene rings is 1. The highest BCUT2D eigenvalue weighted by Gasteiger charge is 2.21. The van der Waals surface area contributed by atoms with Gasteiger partial charge in [0.05, 0.1) is 0 Å². The van der Waals surface area contributed by atoms with Gasteiger partial charge >= 0.3 is 12.0 Å². The fourth-order valence-electron chi connectivity index (χ4n) is 1.65. The lowest BCUT2D eigenvalue weighted by Crippen LogP contribution is -2.42. The number of amides is 2. The van der Waals surface area contributed by atoms with Gasteiger partial charge in [-0.2, -0.15) is 0 Å². The van der Waals surface area contributed by atoms with Crippen molar-refractivity contribution in [3.8, 4) is 0 Å². The van der Waals surface area contributed by atoms with Crippen LogP contribution in [-0.4, -0.2) is 35.2 Å². The second kappa shape index (κ2) is 5.15. The van der Waals surface area contributed by atoms with E-state index in [0.29, 0.717) is 13.1 Å². The fraction of sp³-hybridized carbons (Fsp3) is 0.400. The second-order valence-electron chi connectivity index (χ2n) is 3.63. The first-order valence-electron chi connectivity index (χ1n) is 5.10. The highest BCUT2D eigenvalue weighted by atomic mass is 32.1. The van der Waals surface area contributed by atoms with Gasteiger partial charge in [0, 0.05) is 18.0 Å². The highest BCUT2D eigenvalue weighted by molar-refractivity contribution is 7.10. The first-order chi connectivity index (χ1) is 8.16. The topological polar surface area (TPSA) is 78.9 Å². The Morgan fingerprint density at radius 1 is 1.59 bits per heavy atom. The standard InChI is InChI=1S/C10H12N2O4S/c13-9(14)6-16-11-10(15)12-3-1-8-7(5-12)2-4-17-8/h2,4H,1,3,5-6H2,(H,11,15)(H,13,14). The fourth-order valence-corrected chi connectivity index (χ4v) is 2.54. The van der Waals surface area contributed by atoms with Crippen LogP contribution in [0.5, 0.6) is 0 Å². The average molecular weight is 256 g/mol. The van der Waals surface area contributed by atoms with Gasteiger partial charge in [-0.15, -0.1) is 11.3 Å². The van der Waals surface area contributed by atoms with Gasteiger partial charge in [-0.1, -0.05) is 0 Å². The van der Waals surface area contributed by atoms with E-state index >= 15 is 0 Å². The molecule has 0 spiro atoms. The second-order valence-corrected chi connectivity index (χ2v) is 4.63. The molecule has 0 bridgehead atoms. The summed E-state index contributed by atoms with van der Waals surface area (Å²) in [6, 6.07) is 1.60.